The average molecular weight is 308 g/mol. The van der Waals surface area contributed by atoms with Gasteiger partial charge in [0.15, 0.2) is 0 Å². The molecule has 3 unspecified atom stereocenters. The van der Waals surface area contributed by atoms with E-state index >= 15 is 0 Å². The number of allylic oxidation sites excluding steroid dienone is 2. The predicted octanol–water partition coefficient (Wildman–Crippen LogP) is 5.29. The first-order chi connectivity index (χ1) is 10.2. The van der Waals surface area contributed by atoms with Crippen molar-refractivity contribution in [2.75, 3.05) is 13.1 Å². The highest BCUT2D eigenvalue weighted by atomic mass is 16.2. The lowest BCUT2D eigenvalue weighted by atomic mass is 9.98. The summed E-state index contributed by atoms with van der Waals surface area (Å²) in [6.45, 7) is 17.2. The number of amides is 1. The molecular formula is C20H37NO. The van der Waals surface area contributed by atoms with Gasteiger partial charge < -0.3 is 4.90 Å². The van der Waals surface area contributed by atoms with E-state index in [1.807, 2.05) is 0 Å². The molecule has 0 spiro atoms. The van der Waals surface area contributed by atoms with Gasteiger partial charge in [-0.05, 0) is 56.8 Å². The Morgan fingerprint density at radius 1 is 1.32 bits per heavy atom. The fourth-order valence-electron chi connectivity index (χ4n) is 3.23. The molecule has 0 N–H and O–H groups in total. The molecule has 3 atom stereocenters. The Kier molecular flexibility index (Phi) is 7.15. The van der Waals surface area contributed by atoms with Gasteiger partial charge in [0.2, 0.25) is 5.91 Å². The monoisotopic (exact) mass is 307 g/mol. The molecule has 1 saturated carbocycles. The molecule has 0 radical (unpaired) electrons. The van der Waals surface area contributed by atoms with Crippen molar-refractivity contribution in [3.05, 3.63) is 11.6 Å². The van der Waals surface area contributed by atoms with E-state index < -0.39 is 0 Å². The van der Waals surface area contributed by atoms with E-state index in [-0.39, 0.29) is 5.92 Å². The summed E-state index contributed by atoms with van der Waals surface area (Å²) in [7, 11) is 0. The molecule has 0 aliphatic heterocycles. The molecule has 2 heteroatoms. The van der Waals surface area contributed by atoms with Crippen molar-refractivity contribution in [3.63, 3.8) is 0 Å². The van der Waals surface area contributed by atoms with Crippen molar-refractivity contribution in [1.29, 1.82) is 0 Å². The van der Waals surface area contributed by atoms with Crippen LogP contribution in [0.4, 0.5) is 0 Å². The molecule has 0 saturated heterocycles. The molecule has 0 aromatic carbocycles. The zero-order valence-electron chi connectivity index (χ0n) is 15.9. The highest BCUT2D eigenvalue weighted by Gasteiger charge is 2.49. The van der Waals surface area contributed by atoms with E-state index in [0.29, 0.717) is 23.2 Å². The fraction of sp³-hybridized carbons (Fsp3) is 0.850. The molecule has 1 aliphatic carbocycles. The lowest BCUT2D eigenvalue weighted by Gasteiger charge is -2.28. The summed E-state index contributed by atoms with van der Waals surface area (Å²) < 4.78 is 0. The van der Waals surface area contributed by atoms with Crippen LogP contribution in [-0.4, -0.2) is 23.9 Å². The van der Waals surface area contributed by atoms with Gasteiger partial charge in [0.1, 0.15) is 0 Å². The van der Waals surface area contributed by atoms with Crippen LogP contribution in [-0.2, 0) is 4.79 Å². The summed E-state index contributed by atoms with van der Waals surface area (Å²) >= 11 is 0. The summed E-state index contributed by atoms with van der Waals surface area (Å²) in [6, 6.07) is 0. The Bertz CT molecular complexity index is 395. The van der Waals surface area contributed by atoms with Gasteiger partial charge in [-0.3, -0.25) is 4.79 Å². The minimum absolute atomic E-state index is 0.162. The first-order valence-electron chi connectivity index (χ1n) is 9.11. The lowest BCUT2D eigenvalue weighted by molar-refractivity contribution is -0.136. The summed E-state index contributed by atoms with van der Waals surface area (Å²) in [4.78, 5) is 14.8. The molecule has 0 bridgehead atoms. The third-order valence-electron chi connectivity index (χ3n) is 5.18. The van der Waals surface area contributed by atoms with Crippen molar-refractivity contribution in [1.82, 2.24) is 4.90 Å². The van der Waals surface area contributed by atoms with Crippen molar-refractivity contribution in [2.24, 2.45) is 23.2 Å². The first kappa shape index (κ1) is 19.3. The highest BCUT2D eigenvalue weighted by Crippen LogP contribution is 2.56. The van der Waals surface area contributed by atoms with Gasteiger partial charge in [-0.1, -0.05) is 46.3 Å². The third kappa shape index (κ3) is 5.78. The Labute approximate surface area is 138 Å². The molecule has 0 aromatic heterocycles. The van der Waals surface area contributed by atoms with Crippen LogP contribution in [0.5, 0.6) is 0 Å². The Hall–Kier alpha value is -0.790. The van der Waals surface area contributed by atoms with E-state index in [9.17, 15) is 4.79 Å². The SMILES string of the molecule is CCC(C)C(=O)N(CC(C)C)CC1CC1(C)CCC=C(C)C. The second kappa shape index (κ2) is 8.17. The number of rotatable bonds is 9. The summed E-state index contributed by atoms with van der Waals surface area (Å²) in [6.07, 6.45) is 7.01. The van der Waals surface area contributed by atoms with Crippen molar-refractivity contribution in [2.45, 2.75) is 74.1 Å². The minimum atomic E-state index is 0.162. The van der Waals surface area contributed by atoms with Crippen molar-refractivity contribution in [3.8, 4) is 0 Å². The first-order valence-corrected chi connectivity index (χ1v) is 9.11. The van der Waals surface area contributed by atoms with Crippen LogP contribution in [0, 0.1) is 23.2 Å². The van der Waals surface area contributed by atoms with Gasteiger partial charge in [0, 0.05) is 19.0 Å². The van der Waals surface area contributed by atoms with Crippen LogP contribution in [0.3, 0.4) is 0 Å². The fourth-order valence-corrected chi connectivity index (χ4v) is 3.23. The molecule has 0 heterocycles. The highest BCUT2D eigenvalue weighted by molar-refractivity contribution is 5.78. The summed E-state index contributed by atoms with van der Waals surface area (Å²) in [5.74, 6) is 1.76. The number of carbonyl (C=O) groups is 1. The van der Waals surface area contributed by atoms with E-state index in [1.54, 1.807) is 0 Å². The molecule has 1 amide bonds. The molecule has 2 nitrogen and oxygen atoms in total. The Balaban J connectivity index is 2.57. The van der Waals surface area contributed by atoms with E-state index in [0.717, 1.165) is 19.5 Å². The predicted molar refractivity (Wildman–Crippen MR) is 95.8 cm³/mol. The quantitative estimate of drug-likeness (QED) is 0.530. The van der Waals surface area contributed by atoms with Gasteiger partial charge in [-0.2, -0.15) is 0 Å². The molecule has 22 heavy (non-hydrogen) atoms. The maximum atomic E-state index is 12.6. The second-order valence-electron chi connectivity index (χ2n) is 8.32. The zero-order valence-corrected chi connectivity index (χ0v) is 15.9. The molecular weight excluding hydrogens is 270 g/mol. The zero-order chi connectivity index (χ0) is 16.9. The van der Waals surface area contributed by atoms with Gasteiger partial charge in [0.25, 0.3) is 0 Å². The normalized spacial score (nSPS) is 25.0. The number of hydrogen-bond acceptors (Lipinski definition) is 1. The largest absolute Gasteiger partial charge is 0.342 e. The lowest BCUT2D eigenvalue weighted by Crippen LogP contribution is -2.39. The summed E-state index contributed by atoms with van der Waals surface area (Å²) in [5, 5.41) is 0. The van der Waals surface area contributed by atoms with Crippen LogP contribution in [0.15, 0.2) is 11.6 Å². The van der Waals surface area contributed by atoms with Crippen molar-refractivity contribution >= 4 is 5.91 Å². The van der Waals surface area contributed by atoms with Crippen LogP contribution < -0.4 is 0 Å². The van der Waals surface area contributed by atoms with Gasteiger partial charge in [-0.15, -0.1) is 0 Å². The minimum Gasteiger partial charge on any atom is -0.342 e. The molecule has 1 rings (SSSR count). The van der Waals surface area contributed by atoms with Crippen LogP contribution in [0.2, 0.25) is 0 Å². The molecule has 1 aliphatic rings. The van der Waals surface area contributed by atoms with E-state index in [4.69, 9.17) is 0 Å². The average Bonchev–Trinajstić information content (AvgIpc) is 3.05. The van der Waals surface area contributed by atoms with E-state index in [2.05, 4.69) is 59.4 Å². The maximum absolute atomic E-state index is 12.6. The van der Waals surface area contributed by atoms with Crippen LogP contribution in [0.25, 0.3) is 0 Å². The second-order valence-corrected chi connectivity index (χ2v) is 8.32. The number of carbonyl (C=O) groups excluding carboxylic acids is 1. The number of nitrogens with zero attached hydrogens (tertiary/aromatic N) is 1. The molecule has 1 fully saturated rings. The van der Waals surface area contributed by atoms with Crippen LogP contribution in [0.1, 0.15) is 74.1 Å². The maximum Gasteiger partial charge on any atom is 0.225 e. The molecule has 128 valence electrons. The van der Waals surface area contributed by atoms with Gasteiger partial charge in [0.05, 0.1) is 0 Å². The standard InChI is InChI=1S/C20H37NO/c1-8-17(6)19(22)21(13-16(4)5)14-18-12-20(18,7)11-9-10-15(2)3/h10,16-18H,8-9,11-14H2,1-7H3. The smallest absolute Gasteiger partial charge is 0.225 e. The Morgan fingerprint density at radius 3 is 2.45 bits per heavy atom. The topological polar surface area (TPSA) is 20.3 Å². The number of hydrogen-bond donors (Lipinski definition) is 0. The van der Waals surface area contributed by atoms with Crippen LogP contribution >= 0.6 is 0 Å². The Morgan fingerprint density at radius 2 is 1.95 bits per heavy atom. The summed E-state index contributed by atoms with van der Waals surface area (Å²) in [5.41, 5.74) is 1.87. The van der Waals surface area contributed by atoms with Gasteiger partial charge in [-0.25, -0.2) is 0 Å². The molecule has 0 aromatic rings. The third-order valence-corrected chi connectivity index (χ3v) is 5.18. The van der Waals surface area contributed by atoms with Crippen molar-refractivity contribution < 1.29 is 4.79 Å². The van der Waals surface area contributed by atoms with Gasteiger partial charge >= 0.3 is 0 Å². The van der Waals surface area contributed by atoms with E-state index in [1.165, 1.54) is 24.8 Å².